The molecule has 1 aliphatic rings. The van der Waals surface area contributed by atoms with Gasteiger partial charge in [0.05, 0.1) is 22.8 Å². The van der Waals surface area contributed by atoms with Gasteiger partial charge in [-0.3, -0.25) is 29.4 Å². The molecule has 0 unspecified atom stereocenters. The van der Waals surface area contributed by atoms with Crippen molar-refractivity contribution >= 4 is 45.9 Å². The van der Waals surface area contributed by atoms with Gasteiger partial charge in [0.1, 0.15) is 5.69 Å². The van der Waals surface area contributed by atoms with Gasteiger partial charge in [-0.2, -0.15) is 13.2 Å². The quantitative estimate of drug-likeness (QED) is 0.426. The van der Waals surface area contributed by atoms with Crippen LogP contribution in [0.15, 0.2) is 42.5 Å². The van der Waals surface area contributed by atoms with E-state index in [2.05, 4.69) is 10.6 Å². The van der Waals surface area contributed by atoms with Gasteiger partial charge in [-0.25, -0.2) is 0 Å². The number of hydrogen-bond acceptors (Lipinski definition) is 7. The first kappa shape index (κ1) is 24.0. The van der Waals surface area contributed by atoms with Crippen LogP contribution in [-0.2, 0) is 22.3 Å². The van der Waals surface area contributed by atoms with Crippen LogP contribution in [0.25, 0.3) is 0 Å². The summed E-state index contributed by atoms with van der Waals surface area (Å²) in [4.78, 5) is 46.7. The summed E-state index contributed by atoms with van der Waals surface area (Å²) in [6.45, 7) is 0.0850. The number of rotatable bonds is 8. The molecule has 0 aromatic heterocycles. The Labute approximate surface area is 189 Å². The van der Waals surface area contributed by atoms with E-state index in [4.69, 9.17) is 0 Å². The third kappa shape index (κ3) is 6.22. The number of carbonyl (C=O) groups is 3. The molecule has 2 aromatic carbocycles. The summed E-state index contributed by atoms with van der Waals surface area (Å²) in [5.41, 5.74) is -0.854. The van der Waals surface area contributed by atoms with Gasteiger partial charge >= 0.3 is 6.18 Å². The van der Waals surface area contributed by atoms with Crippen molar-refractivity contribution in [2.75, 3.05) is 22.9 Å². The Bertz CT molecular complexity index is 1080. The maximum absolute atomic E-state index is 12.8. The standard InChI is InChI=1S/C20H17F3N4O5S/c21-20(22,23)13-3-6-15(16(9-13)27(31)32)24-8-7-17(28)25-14-4-1-12(2-5-14)10-26-18(29)11-33-19(26)30/h1-6,9,24H,7-8,10-11H2,(H,25,28). The second-order valence-electron chi connectivity index (χ2n) is 6.94. The largest absolute Gasteiger partial charge is 0.416 e. The lowest BCUT2D eigenvalue weighted by atomic mass is 10.1. The highest BCUT2D eigenvalue weighted by atomic mass is 32.2. The molecule has 0 spiro atoms. The molecule has 2 N–H and O–H groups in total. The van der Waals surface area contributed by atoms with Crippen LogP contribution in [0.1, 0.15) is 17.5 Å². The average molecular weight is 482 g/mol. The van der Waals surface area contributed by atoms with Crippen LogP contribution < -0.4 is 10.6 Å². The number of imide groups is 1. The molecule has 1 heterocycles. The van der Waals surface area contributed by atoms with Gasteiger partial charge < -0.3 is 10.6 Å². The zero-order valence-electron chi connectivity index (χ0n) is 16.8. The minimum atomic E-state index is -4.71. The summed E-state index contributed by atoms with van der Waals surface area (Å²) in [5, 5.41) is 16.0. The van der Waals surface area contributed by atoms with E-state index in [1.54, 1.807) is 24.3 Å². The lowest BCUT2D eigenvalue weighted by Crippen LogP contribution is -2.27. The molecular formula is C20H17F3N4O5S. The number of amides is 3. The number of benzene rings is 2. The Kier molecular flexibility index (Phi) is 7.21. The number of nitrogens with one attached hydrogen (secondary N) is 2. The molecule has 174 valence electrons. The summed E-state index contributed by atoms with van der Waals surface area (Å²) in [6.07, 6.45) is -4.81. The smallest absolute Gasteiger partial charge is 0.379 e. The third-order valence-electron chi connectivity index (χ3n) is 4.61. The van der Waals surface area contributed by atoms with Gasteiger partial charge in [0, 0.05) is 24.7 Å². The van der Waals surface area contributed by atoms with Gasteiger partial charge in [0.25, 0.3) is 10.9 Å². The highest BCUT2D eigenvalue weighted by Gasteiger charge is 2.33. The second kappa shape index (κ2) is 9.90. The first-order valence-corrected chi connectivity index (χ1v) is 10.5. The molecule has 1 saturated heterocycles. The SMILES string of the molecule is O=C(CCNc1ccc(C(F)(F)F)cc1[N+](=O)[O-])Nc1ccc(CN2C(=O)CSC2=O)cc1. The van der Waals surface area contributed by atoms with Crippen molar-refractivity contribution in [3.63, 3.8) is 0 Å². The summed E-state index contributed by atoms with van der Waals surface area (Å²) in [5.74, 6) is -0.564. The number of thioether (sulfide) groups is 1. The van der Waals surface area contributed by atoms with Crippen molar-refractivity contribution < 1.29 is 32.5 Å². The second-order valence-corrected chi connectivity index (χ2v) is 7.87. The molecule has 3 amide bonds. The van der Waals surface area contributed by atoms with Crippen LogP contribution in [0.5, 0.6) is 0 Å². The molecule has 33 heavy (non-hydrogen) atoms. The van der Waals surface area contributed by atoms with Crippen molar-refractivity contribution in [3.05, 3.63) is 63.7 Å². The highest BCUT2D eigenvalue weighted by Crippen LogP contribution is 2.35. The Morgan fingerprint density at radius 1 is 1.15 bits per heavy atom. The normalized spacial score (nSPS) is 13.8. The van der Waals surface area contributed by atoms with Crippen LogP contribution in [-0.4, -0.2) is 39.2 Å². The van der Waals surface area contributed by atoms with Crippen molar-refractivity contribution in [2.45, 2.75) is 19.1 Å². The maximum atomic E-state index is 12.8. The van der Waals surface area contributed by atoms with Gasteiger partial charge in [0.2, 0.25) is 11.8 Å². The van der Waals surface area contributed by atoms with Gasteiger partial charge in [0.15, 0.2) is 0 Å². The van der Waals surface area contributed by atoms with E-state index >= 15 is 0 Å². The van der Waals surface area contributed by atoms with Crippen LogP contribution in [0.2, 0.25) is 0 Å². The number of nitro benzene ring substituents is 1. The van der Waals surface area contributed by atoms with E-state index in [0.29, 0.717) is 17.3 Å². The monoisotopic (exact) mass is 482 g/mol. The van der Waals surface area contributed by atoms with E-state index in [9.17, 15) is 37.7 Å². The molecule has 0 atom stereocenters. The topological polar surface area (TPSA) is 122 Å². The Balaban J connectivity index is 1.52. The number of halogens is 3. The number of nitrogens with zero attached hydrogens (tertiary/aromatic N) is 2. The molecule has 0 radical (unpaired) electrons. The van der Waals surface area contributed by atoms with Crippen LogP contribution in [0, 0.1) is 10.1 Å². The molecule has 13 heteroatoms. The van der Waals surface area contributed by atoms with E-state index in [1.807, 2.05) is 0 Å². The summed E-state index contributed by atoms with van der Waals surface area (Å²) >= 11 is 0.942. The van der Waals surface area contributed by atoms with E-state index in [-0.39, 0.29) is 42.1 Å². The highest BCUT2D eigenvalue weighted by molar-refractivity contribution is 8.14. The van der Waals surface area contributed by atoms with Crippen LogP contribution in [0.4, 0.5) is 35.0 Å². The molecule has 0 aliphatic carbocycles. The minimum Gasteiger partial charge on any atom is -0.379 e. The zero-order valence-corrected chi connectivity index (χ0v) is 17.7. The maximum Gasteiger partial charge on any atom is 0.416 e. The fraction of sp³-hybridized carbons (Fsp3) is 0.250. The average Bonchev–Trinajstić information content (AvgIpc) is 3.06. The van der Waals surface area contributed by atoms with Crippen molar-refractivity contribution in [2.24, 2.45) is 0 Å². The molecule has 2 aromatic rings. The van der Waals surface area contributed by atoms with Crippen LogP contribution >= 0.6 is 11.8 Å². The van der Waals surface area contributed by atoms with Crippen LogP contribution in [0.3, 0.4) is 0 Å². The Morgan fingerprint density at radius 3 is 2.42 bits per heavy atom. The van der Waals surface area contributed by atoms with Gasteiger partial charge in [-0.05, 0) is 29.8 Å². The number of hydrogen-bond donors (Lipinski definition) is 2. The van der Waals surface area contributed by atoms with Gasteiger partial charge in [-0.15, -0.1) is 0 Å². The molecular weight excluding hydrogens is 465 g/mol. The first-order valence-electron chi connectivity index (χ1n) is 9.50. The molecule has 1 fully saturated rings. The lowest BCUT2D eigenvalue weighted by Gasteiger charge is -2.13. The van der Waals surface area contributed by atoms with Gasteiger partial charge in [-0.1, -0.05) is 23.9 Å². The predicted molar refractivity (Wildman–Crippen MR) is 115 cm³/mol. The summed E-state index contributed by atoms with van der Waals surface area (Å²) in [6, 6.07) is 8.61. The van der Waals surface area contributed by atoms with E-state index in [0.717, 1.165) is 28.8 Å². The fourth-order valence-electron chi connectivity index (χ4n) is 2.95. The Morgan fingerprint density at radius 2 is 1.85 bits per heavy atom. The molecule has 1 aliphatic heterocycles. The third-order valence-corrected chi connectivity index (χ3v) is 5.47. The molecule has 9 nitrogen and oxygen atoms in total. The predicted octanol–water partition coefficient (Wildman–Crippen LogP) is 4.25. The fourth-order valence-corrected chi connectivity index (χ4v) is 3.68. The van der Waals surface area contributed by atoms with Crippen molar-refractivity contribution in [3.8, 4) is 0 Å². The molecule has 0 bridgehead atoms. The Hall–Kier alpha value is -3.61. The summed E-state index contributed by atoms with van der Waals surface area (Å²) < 4.78 is 38.3. The van der Waals surface area contributed by atoms with E-state index < -0.39 is 28.3 Å². The molecule has 3 rings (SSSR count). The number of carbonyl (C=O) groups excluding carboxylic acids is 3. The minimum absolute atomic E-state index is 0.0486. The number of nitro groups is 1. The number of anilines is 2. The molecule has 0 saturated carbocycles. The number of alkyl halides is 3. The summed E-state index contributed by atoms with van der Waals surface area (Å²) in [7, 11) is 0. The first-order chi connectivity index (χ1) is 15.5. The van der Waals surface area contributed by atoms with E-state index in [1.165, 1.54) is 0 Å². The van der Waals surface area contributed by atoms with Crippen molar-refractivity contribution in [1.29, 1.82) is 0 Å². The zero-order chi connectivity index (χ0) is 24.2. The lowest BCUT2D eigenvalue weighted by molar-refractivity contribution is -0.384. The van der Waals surface area contributed by atoms with Crippen molar-refractivity contribution in [1.82, 2.24) is 4.90 Å².